The second kappa shape index (κ2) is 4.05. The van der Waals surface area contributed by atoms with Crippen LogP contribution in [0.3, 0.4) is 0 Å². The van der Waals surface area contributed by atoms with E-state index in [4.69, 9.17) is 4.55 Å². The number of hydrogen-bond donors (Lipinski definition) is 2. The molecule has 5 unspecified atom stereocenters. The fourth-order valence-corrected chi connectivity index (χ4v) is 6.43. The van der Waals surface area contributed by atoms with Crippen LogP contribution in [0, 0.1) is 22.7 Å². The van der Waals surface area contributed by atoms with Crippen LogP contribution in [0.5, 0.6) is 0 Å². The predicted octanol–water partition coefficient (Wildman–Crippen LogP) is 1.34. The molecule has 6 nitrogen and oxygen atoms in total. The van der Waals surface area contributed by atoms with Crippen molar-refractivity contribution in [1.82, 2.24) is 0 Å². The van der Waals surface area contributed by atoms with Crippen molar-refractivity contribution in [3.63, 3.8) is 0 Å². The van der Waals surface area contributed by atoms with Gasteiger partial charge in [0.2, 0.25) is 0 Å². The van der Waals surface area contributed by atoms with E-state index in [0.29, 0.717) is 43.9 Å². The van der Waals surface area contributed by atoms with E-state index in [-0.39, 0.29) is 12.0 Å². The molecule has 0 aliphatic heterocycles. The van der Waals surface area contributed by atoms with E-state index in [1.54, 1.807) is 0 Å². The molecule has 4 aliphatic carbocycles. The van der Waals surface area contributed by atoms with Gasteiger partial charge in [-0.2, -0.15) is 17.2 Å². The van der Waals surface area contributed by atoms with Crippen LogP contribution >= 0.6 is 0 Å². The maximum absolute atomic E-state index is 13.3. The zero-order valence-corrected chi connectivity index (χ0v) is 13.1. The van der Waals surface area contributed by atoms with Gasteiger partial charge in [0.15, 0.2) is 0 Å². The number of ether oxygens (including phenoxy) is 1. The van der Waals surface area contributed by atoms with Gasteiger partial charge < -0.3 is 9.84 Å². The Hall–Kier alpha value is -0.800. The quantitative estimate of drug-likeness (QED) is 0.585. The molecule has 0 radical (unpaired) electrons. The number of carbonyl (C=O) groups excluding carboxylic acids is 1. The van der Waals surface area contributed by atoms with Crippen molar-refractivity contribution in [1.29, 1.82) is 0 Å². The Morgan fingerprint density at radius 1 is 1.22 bits per heavy atom. The molecule has 0 heterocycles. The summed E-state index contributed by atoms with van der Waals surface area (Å²) in [4.78, 5) is 11.4. The molecule has 1 spiro atoms. The summed E-state index contributed by atoms with van der Waals surface area (Å²) in [5.41, 5.74) is -1.30. The van der Waals surface area contributed by atoms with E-state index in [1.807, 2.05) is 0 Å². The minimum atomic E-state index is -5.84. The summed E-state index contributed by atoms with van der Waals surface area (Å²) < 4.78 is 60.8. The molecule has 3 bridgehead atoms. The van der Waals surface area contributed by atoms with Gasteiger partial charge in [0.25, 0.3) is 0 Å². The van der Waals surface area contributed by atoms with Crippen molar-refractivity contribution in [2.75, 3.05) is 6.61 Å². The Balaban J connectivity index is 1.50. The van der Waals surface area contributed by atoms with Crippen molar-refractivity contribution in [2.45, 2.75) is 49.4 Å². The lowest BCUT2D eigenvalue weighted by molar-refractivity contribution is -0.178. The summed E-state index contributed by atoms with van der Waals surface area (Å²) in [6, 6.07) is 0. The van der Waals surface area contributed by atoms with E-state index in [1.165, 1.54) is 0 Å². The topological polar surface area (TPSA) is 101 Å². The number of halogens is 2. The van der Waals surface area contributed by atoms with Gasteiger partial charge in [-0.1, -0.05) is 0 Å². The van der Waals surface area contributed by atoms with Gasteiger partial charge in [0.05, 0.1) is 12.2 Å². The summed E-state index contributed by atoms with van der Waals surface area (Å²) in [5.74, 6) is -1.62. The van der Waals surface area contributed by atoms with Crippen LogP contribution in [0.4, 0.5) is 8.78 Å². The number of carbonyl (C=O) groups is 1. The van der Waals surface area contributed by atoms with Crippen LogP contribution in [-0.2, 0) is 19.6 Å². The third-order valence-electron chi connectivity index (χ3n) is 6.73. The van der Waals surface area contributed by atoms with Crippen molar-refractivity contribution in [3.8, 4) is 0 Å². The second-order valence-corrected chi connectivity index (χ2v) is 9.48. The summed E-state index contributed by atoms with van der Waals surface area (Å²) in [6.45, 7) is -0.290. The Kier molecular flexibility index (Phi) is 2.77. The third-order valence-corrected chi connectivity index (χ3v) is 7.55. The molecule has 0 aromatic rings. The molecule has 23 heavy (non-hydrogen) atoms. The van der Waals surface area contributed by atoms with Crippen LogP contribution in [0.2, 0.25) is 0 Å². The maximum Gasteiger partial charge on any atom is 0.465 e. The molecule has 4 aliphatic rings. The zero-order valence-electron chi connectivity index (χ0n) is 12.3. The minimum Gasteiger partial charge on any atom is -0.460 e. The van der Waals surface area contributed by atoms with Gasteiger partial charge >= 0.3 is 21.3 Å². The number of esters is 1. The molecule has 5 atom stereocenters. The van der Waals surface area contributed by atoms with E-state index in [2.05, 4.69) is 4.74 Å². The van der Waals surface area contributed by atoms with Crippen LogP contribution < -0.4 is 0 Å². The lowest BCUT2D eigenvalue weighted by atomic mass is 9.52. The first-order valence-electron chi connectivity index (χ1n) is 7.68. The van der Waals surface area contributed by atoms with Crippen molar-refractivity contribution in [2.24, 2.45) is 22.7 Å². The lowest BCUT2D eigenvalue weighted by Gasteiger charge is -2.55. The molecule has 4 rings (SSSR count). The third kappa shape index (κ3) is 1.78. The number of rotatable bonds is 4. The Morgan fingerprint density at radius 3 is 2.57 bits per heavy atom. The van der Waals surface area contributed by atoms with Crippen LogP contribution in [0.1, 0.15) is 38.5 Å². The molecule has 0 amide bonds. The average Bonchev–Trinajstić information content (AvgIpc) is 2.70. The minimum absolute atomic E-state index is 0.173. The van der Waals surface area contributed by atoms with Crippen molar-refractivity contribution >= 4 is 16.1 Å². The summed E-state index contributed by atoms with van der Waals surface area (Å²) in [6.07, 6.45) is 4.38. The monoisotopic (exact) mass is 352 g/mol. The first kappa shape index (κ1) is 15.7. The van der Waals surface area contributed by atoms with Crippen LogP contribution in [0.15, 0.2) is 0 Å². The highest BCUT2D eigenvalue weighted by molar-refractivity contribution is 7.87. The summed E-state index contributed by atoms with van der Waals surface area (Å²) in [7, 11) is -5.84. The van der Waals surface area contributed by atoms with Gasteiger partial charge in [-0.25, -0.2) is 4.79 Å². The van der Waals surface area contributed by atoms with Crippen LogP contribution in [0.25, 0.3) is 0 Å². The highest BCUT2D eigenvalue weighted by Crippen LogP contribution is 2.80. The average molecular weight is 352 g/mol. The standard InChI is InChI=1S/C14H18F2O6S/c15-14(16,23(19,20)21)10(17)22-7-11-1-8-2-12(6-11)9(4-11)5-13(12,18)3-8/h8-9,18H,1-7H2,(H,19,20,21). The largest absolute Gasteiger partial charge is 0.465 e. The van der Waals surface area contributed by atoms with Crippen molar-refractivity contribution in [3.05, 3.63) is 0 Å². The highest BCUT2D eigenvalue weighted by Gasteiger charge is 2.77. The number of hydrogen-bond acceptors (Lipinski definition) is 5. The second-order valence-electron chi connectivity index (χ2n) is 8.02. The SMILES string of the molecule is O=C(OCC12CC3CC4(O)CC(C1)C4(C3)C2)C(F)(F)S(=O)(=O)O. The molecule has 4 fully saturated rings. The number of aliphatic hydroxyl groups is 1. The zero-order chi connectivity index (χ0) is 16.9. The van der Waals surface area contributed by atoms with Gasteiger partial charge in [-0.3, -0.25) is 4.55 Å². The Morgan fingerprint density at radius 2 is 1.91 bits per heavy atom. The van der Waals surface area contributed by atoms with Crippen LogP contribution in [-0.4, -0.2) is 41.5 Å². The van der Waals surface area contributed by atoms with Gasteiger partial charge in [0, 0.05) is 10.8 Å². The van der Waals surface area contributed by atoms with E-state index in [9.17, 15) is 27.1 Å². The van der Waals surface area contributed by atoms with E-state index >= 15 is 0 Å². The molecule has 9 heteroatoms. The lowest BCUT2D eigenvalue weighted by Crippen LogP contribution is -2.57. The number of alkyl halides is 2. The molecule has 0 saturated heterocycles. The van der Waals surface area contributed by atoms with E-state index < -0.39 is 32.4 Å². The molecule has 130 valence electrons. The van der Waals surface area contributed by atoms with Gasteiger partial charge in [-0.05, 0) is 50.4 Å². The smallest absolute Gasteiger partial charge is 0.460 e. The Labute approximate surface area is 131 Å². The summed E-state index contributed by atoms with van der Waals surface area (Å²) in [5, 5.41) is 5.74. The summed E-state index contributed by atoms with van der Waals surface area (Å²) >= 11 is 0. The predicted molar refractivity (Wildman–Crippen MR) is 72.0 cm³/mol. The highest BCUT2D eigenvalue weighted by atomic mass is 32.2. The molecular formula is C14H18F2O6S. The van der Waals surface area contributed by atoms with Crippen molar-refractivity contribution < 1.29 is 36.4 Å². The van der Waals surface area contributed by atoms with Gasteiger partial charge in [-0.15, -0.1) is 0 Å². The normalized spacial score (nSPS) is 47.3. The van der Waals surface area contributed by atoms with E-state index in [0.717, 1.165) is 6.42 Å². The Bertz CT molecular complexity index is 689. The first-order chi connectivity index (χ1) is 10.4. The molecular weight excluding hydrogens is 334 g/mol. The molecule has 4 saturated carbocycles. The molecule has 0 aromatic carbocycles. The maximum atomic E-state index is 13.3. The molecule has 2 N–H and O–H groups in total. The number of fused-ring (bicyclic) bond motifs is 2. The first-order valence-corrected chi connectivity index (χ1v) is 9.12. The fraction of sp³-hybridized carbons (Fsp3) is 0.929. The van der Waals surface area contributed by atoms with Gasteiger partial charge in [0.1, 0.15) is 0 Å². The fourth-order valence-electron chi connectivity index (χ4n) is 6.16. The molecule has 0 aromatic heterocycles.